The third-order valence-corrected chi connectivity index (χ3v) is 0. The van der Waals surface area contributed by atoms with Crippen LogP contribution in [0.3, 0.4) is 0 Å². The average molecular weight is 295 g/mol. The van der Waals surface area contributed by atoms with Crippen molar-refractivity contribution in [3.63, 3.8) is 0 Å². The molecule has 103 valence electrons. The predicted molar refractivity (Wildman–Crippen MR) is 41.8 cm³/mol. The molecule has 0 amide bonds. The van der Waals surface area contributed by atoms with Gasteiger partial charge in [0.1, 0.15) is 0 Å². The maximum Gasteiger partial charge on any atom is 0.0311 e. The van der Waals surface area contributed by atoms with Crippen LogP contribution in [0.15, 0.2) is 0 Å². The van der Waals surface area contributed by atoms with Crippen LogP contribution < -0.4 is 6.15 Å². The summed E-state index contributed by atoms with van der Waals surface area (Å²) in [5.74, 6) is 0. The van der Waals surface area contributed by atoms with Crippen LogP contribution in [-0.2, 0) is 27.5 Å². The SMILES string of the molecule is O.O.O.O.O.O.O.O=S(=O)([O-])[O-].[Mn].[NH4+]. The first-order chi connectivity index (χ1) is 2.00. The van der Waals surface area contributed by atoms with E-state index in [1.165, 1.54) is 0 Å². The van der Waals surface area contributed by atoms with Gasteiger partial charge in [0.05, 0.1) is 0 Å². The van der Waals surface area contributed by atoms with E-state index in [4.69, 9.17) is 17.5 Å². The Balaban J connectivity index is -0.00000000222. The van der Waals surface area contributed by atoms with Crippen molar-refractivity contribution in [3.8, 4) is 0 Å². The van der Waals surface area contributed by atoms with Gasteiger partial charge in [-0.1, -0.05) is 0 Å². The molecule has 0 aromatic rings. The Hall–Kier alpha value is 0.0695. The molecule has 0 aliphatic rings. The van der Waals surface area contributed by atoms with Crippen molar-refractivity contribution in [2.45, 2.75) is 0 Å². The Bertz CT molecular complexity index is 98.5. The minimum absolute atomic E-state index is 0. The summed E-state index contributed by atoms with van der Waals surface area (Å²) < 4.78 is 34.1. The third-order valence-electron chi connectivity index (χ3n) is 0. The van der Waals surface area contributed by atoms with Crippen LogP contribution in [0.4, 0.5) is 0 Å². The molecule has 0 unspecified atom stereocenters. The Morgan fingerprint density at radius 3 is 0.643 bits per heavy atom. The van der Waals surface area contributed by atoms with Crippen LogP contribution in [0.2, 0.25) is 0 Å². The first-order valence-corrected chi connectivity index (χ1v) is 2.00. The van der Waals surface area contributed by atoms with Crippen molar-refractivity contribution in [1.29, 1.82) is 0 Å². The standard InChI is InChI=1S/Mn.H3N.H2O4S.7H2O/c;;1-5(2,3)4;;;;;;;/h;1H3;(H2,1,2,3,4);7*1H2/p-1. The Labute approximate surface area is 90.1 Å². The van der Waals surface area contributed by atoms with Crippen LogP contribution in [-0.4, -0.2) is 55.9 Å². The molecule has 0 bridgehead atoms. The van der Waals surface area contributed by atoms with Gasteiger partial charge in [-0.05, 0) is 0 Å². The van der Waals surface area contributed by atoms with E-state index in [9.17, 15) is 0 Å². The molecule has 0 fully saturated rings. The van der Waals surface area contributed by atoms with Gasteiger partial charge in [0, 0.05) is 27.5 Å². The first kappa shape index (κ1) is 145. The van der Waals surface area contributed by atoms with Crippen molar-refractivity contribution in [2.75, 3.05) is 0 Å². The summed E-state index contributed by atoms with van der Waals surface area (Å²) in [6, 6.07) is 0. The van der Waals surface area contributed by atoms with E-state index in [0.717, 1.165) is 0 Å². The summed E-state index contributed by atoms with van der Waals surface area (Å²) in [6.07, 6.45) is 0. The summed E-state index contributed by atoms with van der Waals surface area (Å²) in [5.41, 5.74) is 0. The van der Waals surface area contributed by atoms with E-state index >= 15 is 0 Å². The fourth-order valence-electron chi connectivity index (χ4n) is 0. The molecule has 14 heteroatoms. The van der Waals surface area contributed by atoms with E-state index in [-0.39, 0.29) is 61.6 Å². The summed E-state index contributed by atoms with van der Waals surface area (Å²) in [7, 11) is -5.17. The monoisotopic (exact) mass is 295 g/mol. The van der Waals surface area contributed by atoms with Crippen molar-refractivity contribution in [3.05, 3.63) is 0 Å². The molecule has 0 saturated heterocycles. The zero-order valence-corrected chi connectivity index (χ0v) is 8.92. The van der Waals surface area contributed by atoms with Crippen LogP contribution in [0.25, 0.3) is 0 Å². The zero-order valence-electron chi connectivity index (χ0n) is 6.92. The van der Waals surface area contributed by atoms with Crippen molar-refractivity contribution >= 4 is 10.4 Å². The maximum absolute atomic E-state index is 8.52. The summed E-state index contributed by atoms with van der Waals surface area (Å²) >= 11 is 0. The molecule has 0 aromatic carbocycles. The molecule has 0 atom stereocenters. The predicted octanol–water partition coefficient (Wildman–Crippen LogP) is -6.74. The quantitative estimate of drug-likeness (QED) is 0.258. The third kappa shape index (κ3) is 306000. The molecule has 0 saturated carbocycles. The molecular formula is H18MnNO11S-. The molecule has 1 radical (unpaired) electrons. The minimum Gasteiger partial charge on any atom is -0.759 e. The zero-order chi connectivity index (χ0) is 4.50. The molecule has 12 nitrogen and oxygen atoms in total. The van der Waals surface area contributed by atoms with Crippen LogP contribution in [0.1, 0.15) is 0 Å². The largest absolute Gasteiger partial charge is 0.759 e. The molecule has 0 aliphatic heterocycles. The first-order valence-electron chi connectivity index (χ1n) is 0.667. The van der Waals surface area contributed by atoms with Crippen LogP contribution in [0, 0.1) is 0 Å². The van der Waals surface area contributed by atoms with E-state index < -0.39 is 10.4 Å². The Morgan fingerprint density at radius 1 is 0.643 bits per heavy atom. The maximum atomic E-state index is 8.52. The summed E-state index contributed by atoms with van der Waals surface area (Å²) in [6.45, 7) is 0. The second-order valence-corrected chi connectivity index (χ2v) is 1.22. The van der Waals surface area contributed by atoms with E-state index in [0.29, 0.717) is 0 Å². The van der Waals surface area contributed by atoms with Gasteiger partial charge in [-0.15, -0.1) is 0 Å². The molecule has 0 heterocycles. The summed E-state index contributed by atoms with van der Waals surface area (Å²) in [4.78, 5) is 0. The van der Waals surface area contributed by atoms with Crippen molar-refractivity contribution < 1.29 is 72.9 Å². The molecule has 0 spiro atoms. The van der Waals surface area contributed by atoms with E-state index in [1.54, 1.807) is 0 Å². The van der Waals surface area contributed by atoms with Gasteiger partial charge in [-0.25, -0.2) is 0 Å². The van der Waals surface area contributed by atoms with Gasteiger partial charge >= 0.3 is 0 Å². The molecular weight excluding hydrogens is 277 g/mol. The smallest absolute Gasteiger partial charge is 0.0311 e. The fourth-order valence-corrected chi connectivity index (χ4v) is 0. The molecule has 0 rings (SSSR count). The average Bonchev–Trinajstić information content (AvgIpc) is 0.722. The topological polar surface area (TPSA) is 337 Å². The molecule has 14 heavy (non-hydrogen) atoms. The van der Waals surface area contributed by atoms with Crippen LogP contribution in [0.5, 0.6) is 0 Å². The van der Waals surface area contributed by atoms with Gasteiger partial charge in [0.15, 0.2) is 0 Å². The molecule has 18 N–H and O–H groups in total. The van der Waals surface area contributed by atoms with E-state index in [2.05, 4.69) is 0 Å². The number of hydrogen-bond acceptors (Lipinski definition) is 4. The van der Waals surface area contributed by atoms with Crippen molar-refractivity contribution in [1.82, 2.24) is 6.15 Å². The molecule has 0 aliphatic carbocycles. The van der Waals surface area contributed by atoms with E-state index in [1.807, 2.05) is 0 Å². The number of quaternary nitrogens is 1. The number of rotatable bonds is 0. The Kier molecular flexibility index (Phi) is 536. The van der Waals surface area contributed by atoms with Crippen LogP contribution >= 0.6 is 0 Å². The van der Waals surface area contributed by atoms with Gasteiger partial charge in [0.25, 0.3) is 0 Å². The normalized spacial score (nSPS) is 4.14. The fraction of sp³-hybridized carbons (Fsp3) is 0. The second kappa shape index (κ2) is 51.7. The second-order valence-electron chi connectivity index (χ2n) is 0.408. The van der Waals surface area contributed by atoms with Gasteiger partial charge < -0.3 is 53.6 Å². The summed E-state index contributed by atoms with van der Waals surface area (Å²) in [5, 5.41) is 0. The van der Waals surface area contributed by atoms with Gasteiger partial charge in [-0.2, -0.15) is 0 Å². The Morgan fingerprint density at radius 2 is 0.643 bits per heavy atom. The molecule has 0 aromatic heterocycles. The van der Waals surface area contributed by atoms with Gasteiger partial charge in [-0.3, -0.25) is 8.42 Å². The number of hydrogen-bond donors (Lipinski definition) is 1. The van der Waals surface area contributed by atoms with Crippen molar-refractivity contribution in [2.24, 2.45) is 0 Å². The minimum atomic E-state index is -5.17. The van der Waals surface area contributed by atoms with Gasteiger partial charge in [0.2, 0.25) is 0 Å².